The second kappa shape index (κ2) is 5.89. The van der Waals surface area contributed by atoms with E-state index in [4.69, 9.17) is 9.26 Å². The highest BCUT2D eigenvalue weighted by Gasteiger charge is 2.11. The monoisotopic (exact) mass is 260 g/mol. The van der Waals surface area contributed by atoms with Crippen LogP contribution in [-0.4, -0.2) is 12.3 Å². The standard InChI is InChI=1S/C15H20N2O2/c1-10(13-6-5-7-14(8-13)18-4)16-9-15-11(2)17-19-12(15)3/h5-8,10,16H,9H2,1-4H3/t10-/m0/s1. The molecular formula is C15H20N2O2. The fourth-order valence-corrected chi connectivity index (χ4v) is 2.04. The third-order valence-corrected chi connectivity index (χ3v) is 3.36. The lowest BCUT2D eigenvalue weighted by atomic mass is 10.1. The average Bonchev–Trinajstić information content (AvgIpc) is 2.75. The molecule has 0 spiro atoms. The molecule has 0 radical (unpaired) electrons. The van der Waals surface area contributed by atoms with Gasteiger partial charge in [0.2, 0.25) is 0 Å². The van der Waals surface area contributed by atoms with Gasteiger partial charge in [0.15, 0.2) is 0 Å². The lowest BCUT2D eigenvalue weighted by Crippen LogP contribution is -2.18. The van der Waals surface area contributed by atoms with Gasteiger partial charge in [0.25, 0.3) is 0 Å². The summed E-state index contributed by atoms with van der Waals surface area (Å²) >= 11 is 0. The summed E-state index contributed by atoms with van der Waals surface area (Å²) in [4.78, 5) is 0. The molecule has 4 heteroatoms. The first-order chi connectivity index (χ1) is 9.11. The number of aromatic nitrogens is 1. The highest BCUT2D eigenvalue weighted by Crippen LogP contribution is 2.20. The fraction of sp³-hybridized carbons (Fsp3) is 0.400. The fourth-order valence-electron chi connectivity index (χ4n) is 2.04. The summed E-state index contributed by atoms with van der Waals surface area (Å²) in [7, 11) is 1.68. The number of methoxy groups -OCH3 is 1. The van der Waals surface area contributed by atoms with Crippen LogP contribution in [0.15, 0.2) is 28.8 Å². The van der Waals surface area contributed by atoms with E-state index in [9.17, 15) is 0 Å². The summed E-state index contributed by atoms with van der Waals surface area (Å²) in [6, 6.07) is 8.33. The molecule has 2 aromatic rings. The van der Waals surface area contributed by atoms with Gasteiger partial charge >= 0.3 is 0 Å². The van der Waals surface area contributed by atoms with E-state index in [0.29, 0.717) is 0 Å². The van der Waals surface area contributed by atoms with E-state index in [1.54, 1.807) is 7.11 Å². The van der Waals surface area contributed by atoms with Crippen LogP contribution in [-0.2, 0) is 6.54 Å². The van der Waals surface area contributed by atoms with Gasteiger partial charge in [-0.05, 0) is 38.5 Å². The van der Waals surface area contributed by atoms with Crippen molar-refractivity contribution in [3.8, 4) is 5.75 Å². The Kier molecular flexibility index (Phi) is 4.22. The molecule has 0 fully saturated rings. The number of aryl methyl sites for hydroxylation is 2. The Bertz CT molecular complexity index is 529. The van der Waals surface area contributed by atoms with Crippen LogP contribution in [0, 0.1) is 13.8 Å². The molecule has 0 amide bonds. The molecule has 0 saturated carbocycles. The normalized spacial score (nSPS) is 12.4. The van der Waals surface area contributed by atoms with Crippen LogP contribution in [0.4, 0.5) is 0 Å². The number of benzene rings is 1. The van der Waals surface area contributed by atoms with E-state index < -0.39 is 0 Å². The second-order valence-corrected chi connectivity index (χ2v) is 4.68. The molecule has 2 rings (SSSR count). The van der Waals surface area contributed by atoms with Crippen LogP contribution in [0.5, 0.6) is 5.75 Å². The number of hydrogen-bond acceptors (Lipinski definition) is 4. The third kappa shape index (κ3) is 3.15. The molecule has 0 saturated heterocycles. The molecule has 0 aliphatic rings. The minimum Gasteiger partial charge on any atom is -0.497 e. The number of ether oxygens (including phenoxy) is 1. The summed E-state index contributed by atoms with van der Waals surface area (Å²) in [6.07, 6.45) is 0. The van der Waals surface area contributed by atoms with Crippen molar-refractivity contribution >= 4 is 0 Å². The summed E-state index contributed by atoms with van der Waals surface area (Å²) in [6.45, 7) is 6.78. The van der Waals surface area contributed by atoms with Gasteiger partial charge in [-0.25, -0.2) is 0 Å². The van der Waals surface area contributed by atoms with E-state index in [2.05, 4.69) is 23.5 Å². The van der Waals surface area contributed by atoms with Gasteiger partial charge in [0.05, 0.1) is 12.8 Å². The molecular weight excluding hydrogens is 240 g/mol. The molecule has 19 heavy (non-hydrogen) atoms. The molecule has 0 aliphatic heterocycles. The lowest BCUT2D eigenvalue weighted by Gasteiger charge is -2.15. The van der Waals surface area contributed by atoms with Crippen molar-refractivity contribution in [1.29, 1.82) is 0 Å². The molecule has 0 unspecified atom stereocenters. The van der Waals surface area contributed by atoms with Gasteiger partial charge in [-0.2, -0.15) is 0 Å². The molecule has 0 bridgehead atoms. The van der Waals surface area contributed by atoms with E-state index in [-0.39, 0.29) is 6.04 Å². The zero-order valence-electron chi connectivity index (χ0n) is 11.9. The average molecular weight is 260 g/mol. The molecule has 4 nitrogen and oxygen atoms in total. The van der Waals surface area contributed by atoms with Crippen LogP contribution in [0.1, 0.15) is 35.5 Å². The van der Waals surface area contributed by atoms with Gasteiger partial charge < -0.3 is 14.6 Å². The van der Waals surface area contributed by atoms with Crippen molar-refractivity contribution in [1.82, 2.24) is 10.5 Å². The zero-order valence-corrected chi connectivity index (χ0v) is 11.9. The first kappa shape index (κ1) is 13.6. The Morgan fingerprint density at radius 3 is 2.79 bits per heavy atom. The van der Waals surface area contributed by atoms with Gasteiger partial charge in [0, 0.05) is 18.2 Å². The molecule has 102 valence electrons. The maximum atomic E-state index is 5.24. The molecule has 1 atom stereocenters. The number of nitrogens with one attached hydrogen (secondary N) is 1. The SMILES string of the molecule is COc1cccc([C@H](C)NCc2c(C)noc2C)c1. The molecule has 1 aromatic heterocycles. The van der Waals surface area contributed by atoms with E-state index in [0.717, 1.165) is 29.3 Å². The Balaban J connectivity index is 2.03. The van der Waals surface area contributed by atoms with E-state index >= 15 is 0 Å². The highest BCUT2D eigenvalue weighted by atomic mass is 16.5. The topological polar surface area (TPSA) is 47.3 Å². The third-order valence-electron chi connectivity index (χ3n) is 3.36. The first-order valence-electron chi connectivity index (χ1n) is 6.41. The summed E-state index contributed by atoms with van der Waals surface area (Å²) < 4.78 is 10.4. The van der Waals surface area contributed by atoms with Crippen LogP contribution in [0.25, 0.3) is 0 Å². The number of rotatable bonds is 5. The van der Waals surface area contributed by atoms with Crippen molar-refractivity contribution in [2.24, 2.45) is 0 Å². The predicted molar refractivity (Wildman–Crippen MR) is 74.2 cm³/mol. The number of hydrogen-bond donors (Lipinski definition) is 1. The Hall–Kier alpha value is -1.81. The maximum absolute atomic E-state index is 5.24. The smallest absolute Gasteiger partial charge is 0.138 e. The van der Waals surface area contributed by atoms with Crippen molar-refractivity contribution in [3.05, 3.63) is 46.8 Å². The molecule has 1 N–H and O–H groups in total. The van der Waals surface area contributed by atoms with Crippen LogP contribution in [0.3, 0.4) is 0 Å². The van der Waals surface area contributed by atoms with Gasteiger partial charge in [-0.1, -0.05) is 17.3 Å². The second-order valence-electron chi connectivity index (χ2n) is 4.68. The van der Waals surface area contributed by atoms with Crippen molar-refractivity contribution in [2.45, 2.75) is 33.4 Å². The van der Waals surface area contributed by atoms with Crippen molar-refractivity contribution < 1.29 is 9.26 Å². The lowest BCUT2D eigenvalue weighted by molar-refractivity contribution is 0.391. The minimum absolute atomic E-state index is 0.240. The van der Waals surface area contributed by atoms with Crippen LogP contribution in [0.2, 0.25) is 0 Å². The summed E-state index contributed by atoms with van der Waals surface area (Å²) in [5.74, 6) is 1.76. The Morgan fingerprint density at radius 1 is 1.37 bits per heavy atom. The highest BCUT2D eigenvalue weighted by molar-refractivity contribution is 5.30. The predicted octanol–water partition coefficient (Wildman–Crippen LogP) is 3.15. The summed E-state index contributed by atoms with van der Waals surface area (Å²) in [5.41, 5.74) is 3.28. The van der Waals surface area contributed by atoms with E-state index in [1.807, 2.05) is 32.0 Å². The molecule has 1 heterocycles. The quantitative estimate of drug-likeness (QED) is 0.897. The van der Waals surface area contributed by atoms with Gasteiger partial charge in [-0.15, -0.1) is 0 Å². The largest absolute Gasteiger partial charge is 0.497 e. The van der Waals surface area contributed by atoms with Crippen molar-refractivity contribution in [3.63, 3.8) is 0 Å². The number of nitrogens with zero attached hydrogens (tertiary/aromatic N) is 1. The molecule has 1 aromatic carbocycles. The first-order valence-corrected chi connectivity index (χ1v) is 6.41. The van der Waals surface area contributed by atoms with E-state index in [1.165, 1.54) is 5.56 Å². The molecule has 0 aliphatic carbocycles. The maximum Gasteiger partial charge on any atom is 0.138 e. The van der Waals surface area contributed by atoms with Crippen LogP contribution >= 0.6 is 0 Å². The Labute approximate surface area is 113 Å². The van der Waals surface area contributed by atoms with Crippen molar-refractivity contribution in [2.75, 3.05) is 7.11 Å². The Morgan fingerprint density at radius 2 is 2.16 bits per heavy atom. The van der Waals surface area contributed by atoms with Gasteiger partial charge in [0.1, 0.15) is 11.5 Å². The zero-order chi connectivity index (χ0) is 13.8. The van der Waals surface area contributed by atoms with Gasteiger partial charge in [-0.3, -0.25) is 0 Å². The van der Waals surface area contributed by atoms with Crippen LogP contribution < -0.4 is 10.1 Å². The minimum atomic E-state index is 0.240. The summed E-state index contributed by atoms with van der Waals surface area (Å²) in [5, 5.41) is 7.44.